The summed E-state index contributed by atoms with van der Waals surface area (Å²) in [5, 5.41) is 6.05. The lowest BCUT2D eigenvalue weighted by Crippen LogP contribution is -2.37. The lowest BCUT2D eigenvalue weighted by molar-refractivity contribution is -0.116. The molecule has 1 aromatic heterocycles. The van der Waals surface area contributed by atoms with E-state index >= 15 is 0 Å². The molecule has 2 rings (SSSR count). The molecule has 0 fully saturated rings. The Morgan fingerprint density at radius 3 is 2.57 bits per heavy atom. The first-order valence-corrected chi connectivity index (χ1v) is 6.35. The highest BCUT2D eigenvalue weighted by Crippen LogP contribution is 2.07. The van der Waals surface area contributed by atoms with E-state index in [2.05, 4.69) is 15.0 Å². The van der Waals surface area contributed by atoms with E-state index in [1.165, 1.54) is 41.5 Å². The van der Waals surface area contributed by atoms with E-state index in [1.54, 1.807) is 6.92 Å². The Labute approximate surface area is 120 Å². The van der Waals surface area contributed by atoms with Crippen LogP contribution in [0, 0.1) is 5.82 Å². The van der Waals surface area contributed by atoms with Gasteiger partial charge in [0, 0.05) is 18.2 Å². The predicted molar refractivity (Wildman–Crippen MR) is 73.1 cm³/mol. The number of aromatic nitrogens is 1. The molecule has 0 bridgehead atoms. The molecule has 110 valence electrons. The highest BCUT2D eigenvalue weighted by Gasteiger charge is 2.17. The maximum atomic E-state index is 12.9. The molecule has 2 amide bonds. The Morgan fingerprint density at radius 2 is 2.00 bits per heavy atom. The van der Waals surface area contributed by atoms with Crippen LogP contribution in [-0.4, -0.2) is 35.0 Å². The standard InChI is InChI=1S/C14H14FN3O3/c1-2-18(9-13(19)16-12-7-8-21-17-12)14(20)10-3-5-11(15)6-4-10/h3-8H,2,9H2,1H3,(H,16,17,19). The number of rotatable bonds is 5. The number of likely N-dealkylation sites (N-methyl/N-ethyl adjacent to an activating group) is 1. The third-order valence-electron chi connectivity index (χ3n) is 2.80. The summed E-state index contributed by atoms with van der Waals surface area (Å²) in [6.45, 7) is 1.98. The molecule has 0 aliphatic heterocycles. The molecule has 21 heavy (non-hydrogen) atoms. The van der Waals surface area contributed by atoms with Gasteiger partial charge in [0.25, 0.3) is 5.91 Å². The van der Waals surface area contributed by atoms with Gasteiger partial charge in [-0.2, -0.15) is 0 Å². The summed E-state index contributed by atoms with van der Waals surface area (Å²) < 4.78 is 17.4. The fourth-order valence-electron chi connectivity index (χ4n) is 1.73. The van der Waals surface area contributed by atoms with E-state index in [9.17, 15) is 14.0 Å². The Balaban J connectivity index is 2.00. The zero-order valence-electron chi connectivity index (χ0n) is 11.4. The summed E-state index contributed by atoms with van der Waals surface area (Å²) in [6.07, 6.45) is 1.33. The van der Waals surface area contributed by atoms with E-state index in [1.807, 2.05) is 0 Å². The van der Waals surface area contributed by atoms with E-state index in [0.717, 1.165) is 0 Å². The molecule has 0 spiro atoms. The maximum absolute atomic E-state index is 12.9. The Kier molecular flexibility index (Phi) is 4.65. The number of carbonyl (C=O) groups is 2. The normalized spacial score (nSPS) is 10.2. The minimum absolute atomic E-state index is 0.125. The molecule has 1 heterocycles. The quantitative estimate of drug-likeness (QED) is 0.913. The number of amides is 2. The largest absolute Gasteiger partial charge is 0.363 e. The minimum atomic E-state index is -0.418. The molecule has 0 radical (unpaired) electrons. The number of hydrogen-bond donors (Lipinski definition) is 1. The zero-order chi connectivity index (χ0) is 15.2. The molecule has 0 saturated heterocycles. The Bertz CT molecular complexity index is 611. The van der Waals surface area contributed by atoms with Crippen molar-refractivity contribution in [3.8, 4) is 0 Å². The smallest absolute Gasteiger partial charge is 0.254 e. The number of nitrogens with one attached hydrogen (secondary N) is 1. The second-order valence-corrected chi connectivity index (χ2v) is 4.26. The van der Waals surface area contributed by atoms with Gasteiger partial charge in [-0.3, -0.25) is 9.59 Å². The number of hydrogen-bond acceptors (Lipinski definition) is 4. The molecule has 1 N–H and O–H groups in total. The van der Waals surface area contributed by atoms with E-state index in [0.29, 0.717) is 12.1 Å². The molecule has 0 aliphatic rings. The van der Waals surface area contributed by atoms with Gasteiger partial charge in [0.1, 0.15) is 18.6 Å². The van der Waals surface area contributed by atoms with Crippen molar-refractivity contribution in [1.29, 1.82) is 0 Å². The first kappa shape index (κ1) is 14.7. The van der Waals surface area contributed by atoms with Gasteiger partial charge < -0.3 is 14.7 Å². The van der Waals surface area contributed by atoms with Crippen LogP contribution >= 0.6 is 0 Å². The molecule has 0 aliphatic carbocycles. The number of anilines is 1. The molecular formula is C14H14FN3O3. The summed E-state index contributed by atoms with van der Waals surface area (Å²) in [6, 6.07) is 6.68. The summed E-state index contributed by atoms with van der Waals surface area (Å²) in [7, 11) is 0. The van der Waals surface area contributed by atoms with Gasteiger partial charge in [-0.15, -0.1) is 0 Å². The third-order valence-corrected chi connectivity index (χ3v) is 2.80. The zero-order valence-corrected chi connectivity index (χ0v) is 11.4. The Morgan fingerprint density at radius 1 is 1.29 bits per heavy atom. The number of halogens is 1. The highest BCUT2D eigenvalue weighted by molar-refractivity contribution is 5.99. The van der Waals surface area contributed by atoms with Crippen LogP contribution in [0.4, 0.5) is 10.2 Å². The van der Waals surface area contributed by atoms with Crippen LogP contribution in [0.5, 0.6) is 0 Å². The minimum Gasteiger partial charge on any atom is -0.363 e. The van der Waals surface area contributed by atoms with Crippen molar-refractivity contribution in [3.05, 3.63) is 48.0 Å². The van der Waals surface area contributed by atoms with Crippen LogP contribution in [0.15, 0.2) is 41.1 Å². The second-order valence-electron chi connectivity index (χ2n) is 4.26. The number of carbonyl (C=O) groups excluding carboxylic acids is 2. The average molecular weight is 291 g/mol. The third kappa shape index (κ3) is 3.88. The number of nitrogens with zero attached hydrogens (tertiary/aromatic N) is 2. The summed E-state index contributed by atoms with van der Waals surface area (Å²) in [4.78, 5) is 25.4. The second kappa shape index (κ2) is 6.65. The molecule has 6 nitrogen and oxygen atoms in total. The lowest BCUT2D eigenvalue weighted by Gasteiger charge is -2.20. The van der Waals surface area contributed by atoms with E-state index in [4.69, 9.17) is 0 Å². The lowest BCUT2D eigenvalue weighted by atomic mass is 10.2. The SMILES string of the molecule is CCN(CC(=O)Nc1ccon1)C(=O)c1ccc(F)cc1. The van der Waals surface area contributed by atoms with Gasteiger partial charge in [0.15, 0.2) is 5.82 Å². The van der Waals surface area contributed by atoms with Gasteiger partial charge in [-0.05, 0) is 31.2 Å². The fourth-order valence-corrected chi connectivity index (χ4v) is 1.73. The van der Waals surface area contributed by atoms with Crippen molar-refractivity contribution in [2.45, 2.75) is 6.92 Å². The topological polar surface area (TPSA) is 75.4 Å². The van der Waals surface area contributed by atoms with Crippen LogP contribution < -0.4 is 5.32 Å². The van der Waals surface area contributed by atoms with Gasteiger partial charge >= 0.3 is 0 Å². The van der Waals surface area contributed by atoms with Crippen molar-refractivity contribution in [1.82, 2.24) is 10.1 Å². The van der Waals surface area contributed by atoms with Crippen molar-refractivity contribution in [2.75, 3.05) is 18.4 Å². The van der Waals surface area contributed by atoms with Crippen LogP contribution in [-0.2, 0) is 4.79 Å². The van der Waals surface area contributed by atoms with E-state index < -0.39 is 5.82 Å². The molecular weight excluding hydrogens is 277 g/mol. The number of benzene rings is 1. The first-order chi connectivity index (χ1) is 10.1. The molecule has 0 saturated carbocycles. The van der Waals surface area contributed by atoms with Crippen LogP contribution in [0.25, 0.3) is 0 Å². The van der Waals surface area contributed by atoms with Crippen molar-refractivity contribution >= 4 is 17.6 Å². The highest BCUT2D eigenvalue weighted by atomic mass is 19.1. The van der Waals surface area contributed by atoms with Crippen molar-refractivity contribution in [2.24, 2.45) is 0 Å². The van der Waals surface area contributed by atoms with Gasteiger partial charge in [0.05, 0.1) is 0 Å². The molecule has 1 aromatic carbocycles. The predicted octanol–water partition coefficient (Wildman–Crippen LogP) is 1.91. The molecule has 2 aromatic rings. The fraction of sp³-hybridized carbons (Fsp3) is 0.214. The first-order valence-electron chi connectivity index (χ1n) is 6.35. The van der Waals surface area contributed by atoms with Gasteiger partial charge in [0.2, 0.25) is 5.91 Å². The summed E-state index contributed by atoms with van der Waals surface area (Å²) >= 11 is 0. The molecule has 7 heteroatoms. The Hall–Kier alpha value is -2.70. The maximum Gasteiger partial charge on any atom is 0.254 e. The summed E-state index contributed by atoms with van der Waals surface area (Å²) in [5.74, 6) is -0.863. The van der Waals surface area contributed by atoms with Crippen LogP contribution in [0.3, 0.4) is 0 Å². The van der Waals surface area contributed by atoms with Gasteiger partial charge in [-0.1, -0.05) is 5.16 Å². The van der Waals surface area contributed by atoms with E-state index in [-0.39, 0.29) is 24.2 Å². The van der Waals surface area contributed by atoms with Crippen molar-refractivity contribution in [3.63, 3.8) is 0 Å². The summed E-state index contributed by atoms with van der Waals surface area (Å²) in [5.41, 5.74) is 0.326. The van der Waals surface area contributed by atoms with Crippen LogP contribution in [0.2, 0.25) is 0 Å². The molecule has 0 atom stereocenters. The van der Waals surface area contributed by atoms with Gasteiger partial charge in [-0.25, -0.2) is 4.39 Å². The monoisotopic (exact) mass is 291 g/mol. The average Bonchev–Trinajstić information content (AvgIpc) is 2.97. The van der Waals surface area contributed by atoms with Crippen LogP contribution in [0.1, 0.15) is 17.3 Å². The molecule has 0 unspecified atom stereocenters. The van der Waals surface area contributed by atoms with Crippen molar-refractivity contribution < 1.29 is 18.5 Å².